The van der Waals surface area contributed by atoms with Gasteiger partial charge in [-0.25, -0.2) is 0 Å². The number of carbonyl (C=O) groups is 1. The highest BCUT2D eigenvalue weighted by Crippen LogP contribution is 2.26. The fourth-order valence-electron chi connectivity index (χ4n) is 2.53. The number of amides is 1. The number of carbonyl (C=O) groups excluding carboxylic acids is 1. The Bertz CT molecular complexity index is 694. The molecule has 0 unspecified atom stereocenters. The average molecular weight is 296 g/mol. The number of aromatic nitrogens is 2. The molecule has 0 spiro atoms. The maximum absolute atomic E-state index is 12.3. The normalized spacial score (nSPS) is 17.1. The summed E-state index contributed by atoms with van der Waals surface area (Å²) < 4.78 is 5.36. The third kappa shape index (κ3) is 3.00. The molecular formula is C16H16N4O2. The summed E-state index contributed by atoms with van der Waals surface area (Å²) >= 11 is 0. The number of ether oxygens (including phenoxy) is 1. The van der Waals surface area contributed by atoms with Gasteiger partial charge in [-0.3, -0.25) is 9.89 Å². The number of nitriles is 1. The third-order valence-electron chi connectivity index (χ3n) is 3.79. The van der Waals surface area contributed by atoms with Gasteiger partial charge in [-0.2, -0.15) is 10.4 Å². The van der Waals surface area contributed by atoms with Crippen LogP contribution in [-0.4, -0.2) is 29.3 Å². The second-order valence-electron chi connectivity index (χ2n) is 5.25. The molecule has 1 aliphatic heterocycles. The highest BCUT2D eigenvalue weighted by atomic mass is 16.5. The van der Waals surface area contributed by atoms with Crippen LogP contribution in [0.4, 0.5) is 0 Å². The quantitative estimate of drug-likeness (QED) is 0.898. The van der Waals surface area contributed by atoms with Crippen LogP contribution in [0.5, 0.6) is 0 Å². The average Bonchev–Trinajstić information content (AvgIpc) is 3.23. The Morgan fingerprint density at radius 2 is 2.27 bits per heavy atom. The molecule has 1 atom stereocenters. The van der Waals surface area contributed by atoms with E-state index in [0.717, 1.165) is 24.3 Å². The lowest BCUT2D eigenvalue weighted by molar-refractivity contribution is 0.0949. The first kappa shape index (κ1) is 14.3. The Morgan fingerprint density at radius 1 is 1.45 bits per heavy atom. The molecular weight excluding hydrogens is 280 g/mol. The number of aromatic amines is 1. The number of benzene rings is 1. The highest BCUT2D eigenvalue weighted by Gasteiger charge is 2.25. The fraction of sp³-hybridized carbons (Fsp3) is 0.312. The van der Waals surface area contributed by atoms with Crippen molar-refractivity contribution in [1.82, 2.24) is 15.5 Å². The van der Waals surface area contributed by atoms with Gasteiger partial charge in [0.2, 0.25) is 0 Å². The Kier molecular flexibility index (Phi) is 4.17. The van der Waals surface area contributed by atoms with Gasteiger partial charge in [0.25, 0.3) is 5.91 Å². The molecule has 2 aromatic rings. The number of hydrogen-bond acceptors (Lipinski definition) is 4. The van der Waals surface area contributed by atoms with E-state index in [-0.39, 0.29) is 11.8 Å². The van der Waals surface area contributed by atoms with Crippen molar-refractivity contribution in [2.45, 2.75) is 18.9 Å². The Labute approximate surface area is 128 Å². The van der Waals surface area contributed by atoms with Crippen LogP contribution in [0.25, 0.3) is 0 Å². The lowest BCUT2D eigenvalue weighted by atomic mass is 10.0. The smallest absolute Gasteiger partial charge is 0.255 e. The molecule has 2 heterocycles. The molecule has 6 nitrogen and oxygen atoms in total. The van der Waals surface area contributed by atoms with Gasteiger partial charge in [-0.15, -0.1) is 0 Å². The van der Waals surface area contributed by atoms with Crippen molar-refractivity contribution in [1.29, 1.82) is 5.26 Å². The summed E-state index contributed by atoms with van der Waals surface area (Å²) in [5, 5.41) is 18.5. The van der Waals surface area contributed by atoms with E-state index in [0.29, 0.717) is 24.3 Å². The second-order valence-corrected chi connectivity index (χ2v) is 5.25. The molecule has 2 N–H and O–H groups in total. The van der Waals surface area contributed by atoms with Gasteiger partial charge in [0.15, 0.2) is 0 Å². The van der Waals surface area contributed by atoms with Crippen LogP contribution in [-0.2, 0) is 11.3 Å². The second kappa shape index (κ2) is 6.41. The van der Waals surface area contributed by atoms with Crippen molar-refractivity contribution in [2.75, 3.05) is 13.2 Å². The van der Waals surface area contributed by atoms with Gasteiger partial charge in [0, 0.05) is 19.1 Å². The lowest BCUT2D eigenvalue weighted by Gasteiger charge is -2.09. The van der Waals surface area contributed by atoms with Crippen molar-refractivity contribution in [2.24, 2.45) is 0 Å². The van der Waals surface area contributed by atoms with Crippen LogP contribution >= 0.6 is 0 Å². The molecule has 6 heteroatoms. The third-order valence-corrected chi connectivity index (χ3v) is 3.79. The monoisotopic (exact) mass is 296 g/mol. The molecule has 0 saturated carbocycles. The van der Waals surface area contributed by atoms with E-state index < -0.39 is 0 Å². The summed E-state index contributed by atoms with van der Waals surface area (Å²) in [4.78, 5) is 12.3. The van der Waals surface area contributed by atoms with E-state index in [4.69, 9.17) is 10.00 Å². The summed E-state index contributed by atoms with van der Waals surface area (Å²) in [6.07, 6.45) is 2.46. The summed E-state index contributed by atoms with van der Waals surface area (Å²) in [5.41, 5.74) is 2.97. The Morgan fingerprint density at radius 3 is 2.95 bits per heavy atom. The van der Waals surface area contributed by atoms with Crippen LogP contribution in [0.2, 0.25) is 0 Å². The minimum Gasteiger partial charge on any atom is -0.381 e. The summed E-state index contributed by atoms with van der Waals surface area (Å²) in [6.45, 7) is 1.75. The molecule has 112 valence electrons. The van der Waals surface area contributed by atoms with Crippen molar-refractivity contribution < 1.29 is 9.53 Å². The van der Waals surface area contributed by atoms with E-state index in [1.54, 1.807) is 18.3 Å². The maximum atomic E-state index is 12.3. The Hall–Kier alpha value is -2.65. The molecule has 1 aliphatic rings. The molecule has 1 saturated heterocycles. The van der Waals surface area contributed by atoms with E-state index >= 15 is 0 Å². The largest absolute Gasteiger partial charge is 0.381 e. The first-order valence-corrected chi connectivity index (χ1v) is 7.16. The SMILES string of the molecule is N#Cc1ccc(CNC(=O)c2cn[nH]c2[C@H]2CCOC2)cc1. The van der Waals surface area contributed by atoms with E-state index in [1.165, 1.54) is 0 Å². The molecule has 1 aromatic carbocycles. The van der Waals surface area contributed by atoms with Crippen LogP contribution in [0.3, 0.4) is 0 Å². The predicted octanol–water partition coefficient (Wildman–Crippen LogP) is 1.72. The van der Waals surface area contributed by atoms with E-state index in [2.05, 4.69) is 21.6 Å². The number of nitrogens with one attached hydrogen (secondary N) is 2. The van der Waals surface area contributed by atoms with Crippen molar-refractivity contribution in [3.8, 4) is 6.07 Å². The molecule has 1 fully saturated rings. The lowest BCUT2D eigenvalue weighted by Crippen LogP contribution is -2.24. The van der Waals surface area contributed by atoms with Gasteiger partial charge in [-0.1, -0.05) is 12.1 Å². The zero-order valence-electron chi connectivity index (χ0n) is 12.0. The first-order chi connectivity index (χ1) is 10.8. The standard InChI is InChI=1S/C16H16N4O2/c17-7-11-1-3-12(4-2-11)8-18-16(21)14-9-19-20-15(14)13-5-6-22-10-13/h1-4,9,13H,5-6,8,10H2,(H,18,21)(H,19,20)/t13-/m0/s1. The molecule has 1 aromatic heterocycles. The number of rotatable bonds is 4. The zero-order valence-corrected chi connectivity index (χ0v) is 12.0. The molecule has 0 aliphatic carbocycles. The van der Waals surface area contributed by atoms with Gasteiger partial charge in [-0.05, 0) is 24.1 Å². The summed E-state index contributed by atoms with van der Waals surface area (Å²) in [7, 11) is 0. The van der Waals surface area contributed by atoms with Crippen molar-refractivity contribution in [3.05, 3.63) is 52.8 Å². The van der Waals surface area contributed by atoms with Crippen molar-refractivity contribution >= 4 is 5.91 Å². The molecule has 1 amide bonds. The molecule has 0 radical (unpaired) electrons. The highest BCUT2D eigenvalue weighted by molar-refractivity contribution is 5.95. The van der Waals surface area contributed by atoms with E-state index in [1.807, 2.05) is 12.1 Å². The summed E-state index contributed by atoms with van der Waals surface area (Å²) in [5.74, 6) is 0.0539. The van der Waals surface area contributed by atoms with Gasteiger partial charge in [0.1, 0.15) is 0 Å². The fourth-order valence-corrected chi connectivity index (χ4v) is 2.53. The summed E-state index contributed by atoms with van der Waals surface area (Å²) in [6, 6.07) is 9.21. The van der Waals surface area contributed by atoms with Crippen LogP contribution in [0.1, 0.15) is 39.5 Å². The van der Waals surface area contributed by atoms with Gasteiger partial charge in [0.05, 0.1) is 35.7 Å². The number of H-pyrrole nitrogens is 1. The van der Waals surface area contributed by atoms with Crippen LogP contribution in [0.15, 0.2) is 30.5 Å². The topological polar surface area (TPSA) is 90.8 Å². The minimum atomic E-state index is -0.153. The zero-order chi connectivity index (χ0) is 15.4. The van der Waals surface area contributed by atoms with E-state index in [9.17, 15) is 4.79 Å². The maximum Gasteiger partial charge on any atom is 0.255 e. The van der Waals surface area contributed by atoms with Gasteiger partial charge >= 0.3 is 0 Å². The number of hydrogen-bond donors (Lipinski definition) is 2. The number of nitrogens with zero attached hydrogens (tertiary/aromatic N) is 2. The molecule has 22 heavy (non-hydrogen) atoms. The first-order valence-electron chi connectivity index (χ1n) is 7.16. The molecule has 3 rings (SSSR count). The Balaban J connectivity index is 1.64. The predicted molar refractivity (Wildman–Crippen MR) is 79.1 cm³/mol. The van der Waals surface area contributed by atoms with Crippen LogP contribution in [0, 0.1) is 11.3 Å². The van der Waals surface area contributed by atoms with Gasteiger partial charge < -0.3 is 10.1 Å². The minimum absolute atomic E-state index is 0.153. The van der Waals surface area contributed by atoms with Crippen LogP contribution < -0.4 is 5.32 Å². The van der Waals surface area contributed by atoms with Crippen molar-refractivity contribution in [3.63, 3.8) is 0 Å². The molecule has 0 bridgehead atoms.